The molecule has 1 saturated heterocycles. The van der Waals surface area contributed by atoms with Crippen LogP contribution in [0.2, 0.25) is 5.02 Å². The molecular formula is C29H35ClFN5O3. The molecule has 3 aromatic rings. The maximum absolute atomic E-state index is 14.5. The van der Waals surface area contributed by atoms with Crippen LogP contribution >= 0.6 is 11.6 Å². The van der Waals surface area contributed by atoms with Crippen LogP contribution in [0.5, 0.6) is 11.5 Å². The maximum Gasteiger partial charge on any atom is 0.236 e. The molecule has 0 radical (unpaired) electrons. The highest BCUT2D eigenvalue weighted by Gasteiger charge is 2.32. The van der Waals surface area contributed by atoms with Gasteiger partial charge in [-0.2, -0.15) is 0 Å². The molecule has 2 aliphatic rings. The van der Waals surface area contributed by atoms with Crippen LogP contribution in [0, 0.1) is 5.82 Å². The molecule has 1 aromatic heterocycles. The monoisotopic (exact) mass is 555 g/mol. The third-order valence-electron chi connectivity index (χ3n) is 7.71. The Balaban J connectivity index is 1.26. The van der Waals surface area contributed by atoms with E-state index in [2.05, 4.69) is 27.1 Å². The number of unbranched alkanes of at least 4 members (excludes halogenated alkanes) is 1. The van der Waals surface area contributed by atoms with Crippen LogP contribution in [0.4, 0.5) is 15.9 Å². The topological polar surface area (TPSA) is 79.8 Å². The minimum Gasteiger partial charge on any atom is -0.493 e. The molecular weight excluding hydrogens is 521 g/mol. The number of nitrogens with zero attached hydrogens (tertiary/aromatic N) is 4. The number of nitrogens with one attached hydrogen (secondary N) is 1. The Morgan fingerprint density at radius 3 is 2.69 bits per heavy atom. The zero-order chi connectivity index (χ0) is 27.4. The average molecular weight is 556 g/mol. The summed E-state index contributed by atoms with van der Waals surface area (Å²) >= 11 is 5.96. The second-order valence-corrected chi connectivity index (χ2v) is 10.6. The van der Waals surface area contributed by atoms with Gasteiger partial charge in [-0.05, 0) is 50.3 Å². The highest BCUT2D eigenvalue weighted by atomic mass is 35.5. The summed E-state index contributed by atoms with van der Waals surface area (Å²) in [6.07, 6.45) is 7.35. The van der Waals surface area contributed by atoms with Crippen molar-refractivity contribution in [3.05, 3.63) is 47.5 Å². The first kappa shape index (κ1) is 27.4. The first-order chi connectivity index (χ1) is 19.0. The van der Waals surface area contributed by atoms with E-state index in [1.807, 2.05) is 11.0 Å². The van der Waals surface area contributed by atoms with Crippen LogP contribution in [-0.4, -0.2) is 71.1 Å². The summed E-state index contributed by atoms with van der Waals surface area (Å²) in [5.74, 6) is 1.32. The number of hydrogen-bond acceptors (Lipinski definition) is 7. The molecule has 0 unspecified atom stereocenters. The summed E-state index contributed by atoms with van der Waals surface area (Å²) in [5.41, 5.74) is 0.870. The van der Waals surface area contributed by atoms with Crippen molar-refractivity contribution in [1.82, 2.24) is 19.8 Å². The number of aromatic nitrogens is 2. The van der Waals surface area contributed by atoms with E-state index >= 15 is 0 Å². The molecule has 1 amide bonds. The molecule has 0 bridgehead atoms. The lowest BCUT2D eigenvalue weighted by Crippen LogP contribution is -2.54. The minimum atomic E-state index is -0.545. The molecule has 0 atom stereocenters. The van der Waals surface area contributed by atoms with Crippen molar-refractivity contribution in [2.45, 2.75) is 57.6 Å². The average Bonchev–Trinajstić information content (AvgIpc) is 2.95. The number of rotatable bonds is 9. The molecule has 1 N–H and O–H groups in total. The van der Waals surface area contributed by atoms with Crippen LogP contribution in [-0.2, 0) is 4.79 Å². The van der Waals surface area contributed by atoms with Crippen LogP contribution in [0.15, 0.2) is 36.7 Å². The standard InChI is InChI=1S/C29H35ClFN5O3/c1-3-4-12-35-13-14-36(17-27(35)37)19-8-10-20(11-9-19)39-26-15-21-24(16-25(26)38-2)32-18-33-29(21)34-23-7-5-6-22(30)28(23)31/h5-7,15-16,18-20H,3-4,8-14,17H2,1-2H3,(H,32,33,34). The van der Waals surface area contributed by atoms with Gasteiger partial charge in [0.2, 0.25) is 5.91 Å². The van der Waals surface area contributed by atoms with E-state index in [4.69, 9.17) is 21.1 Å². The van der Waals surface area contributed by atoms with E-state index in [1.165, 1.54) is 12.4 Å². The Hall–Kier alpha value is -3.17. The van der Waals surface area contributed by atoms with Gasteiger partial charge in [0.25, 0.3) is 0 Å². The molecule has 2 heterocycles. The Bertz CT molecular complexity index is 1320. The molecule has 5 rings (SSSR count). The number of hydrogen-bond donors (Lipinski definition) is 1. The molecule has 0 spiro atoms. The molecule has 1 aliphatic carbocycles. The van der Waals surface area contributed by atoms with E-state index in [-0.39, 0.29) is 22.7 Å². The molecule has 1 aliphatic heterocycles. The molecule has 8 nitrogen and oxygen atoms in total. The van der Waals surface area contributed by atoms with Crippen molar-refractivity contribution in [2.24, 2.45) is 0 Å². The zero-order valence-electron chi connectivity index (χ0n) is 22.5. The molecule has 208 valence electrons. The van der Waals surface area contributed by atoms with Gasteiger partial charge in [-0.25, -0.2) is 14.4 Å². The van der Waals surface area contributed by atoms with Crippen molar-refractivity contribution < 1.29 is 18.7 Å². The molecule has 2 fully saturated rings. The van der Waals surface area contributed by atoms with Crippen molar-refractivity contribution in [3.63, 3.8) is 0 Å². The molecule has 10 heteroatoms. The van der Waals surface area contributed by atoms with Crippen LogP contribution < -0.4 is 14.8 Å². The van der Waals surface area contributed by atoms with Crippen LogP contribution in [0.25, 0.3) is 10.9 Å². The lowest BCUT2D eigenvalue weighted by Gasteiger charge is -2.41. The number of halogens is 2. The van der Waals surface area contributed by atoms with Gasteiger partial charge in [0.15, 0.2) is 17.3 Å². The normalized spacial score (nSPS) is 20.3. The van der Waals surface area contributed by atoms with Crippen molar-refractivity contribution in [3.8, 4) is 11.5 Å². The summed E-state index contributed by atoms with van der Waals surface area (Å²) < 4.78 is 26.6. The lowest BCUT2D eigenvalue weighted by atomic mass is 9.91. The number of anilines is 2. The van der Waals surface area contributed by atoms with Gasteiger partial charge in [-0.1, -0.05) is 31.0 Å². The second kappa shape index (κ2) is 12.3. The highest BCUT2D eigenvalue weighted by molar-refractivity contribution is 6.31. The van der Waals surface area contributed by atoms with Crippen molar-refractivity contribution in [2.75, 3.05) is 38.6 Å². The molecule has 1 saturated carbocycles. The fourth-order valence-corrected chi connectivity index (χ4v) is 5.65. The number of piperazine rings is 1. The van der Waals surface area contributed by atoms with Gasteiger partial charge in [0.1, 0.15) is 12.1 Å². The second-order valence-electron chi connectivity index (χ2n) is 10.2. The number of amides is 1. The summed E-state index contributed by atoms with van der Waals surface area (Å²) in [4.78, 5) is 25.7. The fourth-order valence-electron chi connectivity index (χ4n) is 5.47. The summed E-state index contributed by atoms with van der Waals surface area (Å²) in [6, 6.07) is 8.83. The maximum atomic E-state index is 14.5. The zero-order valence-corrected chi connectivity index (χ0v) is 23.2. The largest absolute Gasteiger partial charge is 0.493 e. The van der Waals surface area contributed by atoms with E-state index in [0.717, 1.165) is 58.2 Å². The summed E-state index contributed by atoms with van der Waals surface area (Å²) in [7, 11) is 1.60. The Kier molecular flexibility index (Phi) is 8.67. The number of carbonyl (C=O) groups excluding carboxylic acids is 1. The Morgan fingerprint density at radius 2 is 1.95 bits per heavy atom. The van der Waals surface area contributed by atoms with Gasteiger partial charge in [-0.15, -0.1) is 0 Å². The third kappa shape index (κ3) is 6.20. The van der Waals surface area contributed by atoms with Crippen molar-refractivity contribution >= 4 is 39.9 Å². The summed E-state index contributed by atoms with van der Waals surface area (Å²) in [5, 5.41) is 3.75. The van der Waals surface area contributed by atoms with Crippen LogP contribution in [0.1, 0.15) is 45.4 Å². The fraction of sp³-hybridized carbons (Fsp3) is 0.483. The van der Waals surface area contributed by atoms with Gasteiger partial charge in [0, 0.05) is 37.1 Å². The number of benzene rings is 2. The van der Waals surface area contributed by atoms with E-state index in [9.17, 15) is 9.18 Å². The SMILES string of the molecule is CCCCN1CCN(C2CCC(Oc3cc4c(Nc5cccc(Cl)c5F)ncnc4cc3OC)CC2)CC1=O. The highest BCUT2D eigenvalue weighted by Crippen LogP contribution is 2.38. The predicted molar refractivity (Wildman–Crippen MR) is 151 cm³/mol. The number of methoxy groups -OCH3 is 1. The first-order valence-corrected chi connectivity index (χ1v) is 14.1. The smallest absolute Gasteiger partial charge is 0.236 e. The molecule has 2 aromatic carbocycles. The van der Waals surface area contributed by atoms with Gasteiger partial charge >= 0.3 is 0 Å². The quantitative estimate of drug-likeness (QED) is 0.357. The predicted octanol–water partition coefficient (Wildman–Crippen LogP) is 5.81. The first-order valence-electron chi connectivity index (χ1n) is 13.7. The Morgan fingerprint density at radius 1 is 1.13 bits per heavy atom. The van der Waals surface area contributed by atoms with Crippen molar-refractivity contribution in [1.29, 1.82) is 0 Å². The van der Waals surface area contributed by atoms with E-state index in [0.29, 0.717) is 40.8 Å². The minimum absolute atomic E-state index is 0.0283. The van der Waals surface area contributed by atoms with E-state index in [1.54, 1.807) is 25.3 Å². The third-order valence-corrected chi connectivity index (χ3v) is 8.00. The molecule has 39 heavy (non-hydrogen) atoms. The Labute approximate surface area is 233 Å². The lowest BCUT2D eigenvalue weighted by molar-refractivity contribution is -0.137. The number of ether oxygens (including phenoxy) is 2. The summed E-state index contributed by atoms with van der Waals surface area (Å²) in [6.45, 7) is 5.30. The van der Waals surface area contributed by atoms with Gasteiger partial charge in [-0.3, -0.25) is 9.69 Å². The number of fused-ring (bicyclic) bond motifs is 1. The van der Waals surface area contributed by atoms with Gasteiger partial charge < -0.3 is 19.7 Å². The van der Waals surface area contributed by atoms with Gasteiger partial charge in [0.05, 0.1) is 36.0 Å². The van der Waals surface area contributed by atoms with E-state index < -0.39 is 5.82 Å². The number of carbonyl (C=O) groups is 1. The van der Waals surface area contributed by atoms with Crippen LogP contribution in [0.3, 0.4) is 0 Å².